The summed E-state index contributed by atoms with van der Waals surface area (Å²) < 4.78 is 5.03. The SMILES string of the molecule is C[C@@H](OC(=O)c1cc(Cl)ccc1O)C(=O)Nc1ccc(Cl)cc1Cl. The molecule has 0 heterocycles. The highest BCUT2D eigenvalue weighted by Crippen LogP contribution is 2.26. The Kier molecular flexibility index (Phi) is 5.94. The fraction of sp³-hybridized carbons (Fsp3) is 0.125. The Hall–Kier alpha value is -1.95. The Morgan fingerprint density at radius 1 is 1.08 bits per heavy atom. The second kappa shape index (κ2) is 7.75. The van der Waals surface area contributed by atoms with Crippen molar-refractivity contribution in [2.75, 3.05) is 5.32 Å². The number of ether oxygens (including phenoxy) is 1. The van der Waals surface area contributed by atoms with E-state index in [0.717, 1.165) is 0 Å². The normalized spacial score (nSPS) is 11.7. The Labute approximate surface area is 153 Å². The van der Waals surface area contributed by atoms with E-state index in [0.29, 0.717) is 10.7 Å². The van der Waals surface area contributed by atoms with E-state index in [1.165, 1.54) is 37.3 Å². The van der Waals surface area contributed by atoms with Crippen LogP contribution in [-0.2, 0) is 9.53 Å². The molecule has 2 N–H and O–H groups in total. The summed E-state index contributed by atoms with van der Waals surface area (Å²) in [6.07, 6.45) is -1.12. The third-order valence-corrected chi connectivity index (χ3v) is 3.80. The summed E-state index contributed by atoms with van der Waals surface area (Å²) in [4.78, 5) is 24.1. The van der Waals surface area contributed by atoms with Crippen molar-refractivity contribution in [1.82, 2.24) is 0 Å². The molecule has 2 rings (SSSR count). The minimum atomic E-state index is -1.12. The molecule has 0 aliphatic carbocycles. The second-order valence-corrected chi connectivity index (χ2v) is 6.10. The van der Waals surface area contributed by atoms with Crippen molar-refractivity contribution in [2.24, 2.45) is 0 Å². The molecule has 2 aromatic rings. The number of nitrogens with one attached hydrogen (secondary N) is 1. The van der Waals surface area contributed by atoms with Crippen LogP contribution in [0.25, 0.3) is 0 Å². The Morgan fingerprint density at radius 3 is 2.38 bits per heavy atom. The van der Waals surface area contributed by atoms with Crippen LogP contribution in [0.15, 0.2) is 36.4 Å². The van der Waals surface area contributed by atoms with Crippen molar-refractivity contribution in [3.63, 3.8) is 0 Å². The van der Waals surface area contributed by atoms with Gasteiger partial charge in [0.1, 0.15) is 11.3 Å². The van der Waals surface area contributed by atoms with Crippen LogP contribution in [0, 0.1) is 0 Å². The number of rotatable bonds is 4. The number of anilines is 1. The lowest BCUT2D eigenvalue weighted by atomic mass is 10.2. The summed E-state index contributed by atoms with van der Waals surface area (Å²) in [5, 5.41) is 13.1. The molecule has 1 atom stereocenters. The Bertz CT molecular complexity index is 795. The lowest BCUT2D eigenvalue weighted by Crippen LogP contribution is -2.30. The Balaban J connectivity index is 2.05. The van der Waals surface area contributed by atoms with Crippen LogP contribution in [0.5, 0.6) is 5.75 Å². The number of amides is 1. The van der Waals surface area contributed by atoms with Gasteiger partial charge in [0.15, 0.2) is 6.10 Å². The molecule has 0 saturated heterocycles. The number of phenols is 1. The first-order valence-corrected chi connectivity index (χ1v) is 7.86. The van der Waals surface area contributed by atoms with E-state index in [1.807, 2.05) is 0 Å². The summed E-state index contributed by atoms with van der Waals surface area (Å²) >= 11 is 17.5. The molecule has 0 bridgehead atoms. The van der Waals surface area contributed by atoms with Gasteiger partial charge in [0.05, 0.1) is 10.7 Å². The average molecular weight is 389 g/mol. The van der Waals surface area contributed by atoms with Gasteiger partial charge in [-0.1, -0.05) is 34.8 Å². The molecule has 0 spiro atoms. The van der Waals surface area contributed by atoms with Gasteiger partial charge in [0.25, 0.3) is 5.91 Å². The summed E-state index contributed by atoms with van der Waals surface area (Å²) in [5.74, 6) is -1.76. The third kappa shape index (κ3) is 4.54. The molecule has 0 aromatic heterocycles. The molecule has 5 nitrogen and oxygen atoms in total. The molecule has 0 unspecified atom stereocenters. The predicted molar refractivity (Wildman–Crippen MR) is 93.1 cm³/mol. The summed E-state index contributed by atoms with van der Waals surface area (Å²) in [6, 6.07) is 8.49. The first kappa shape index (κ1) is 18.4. The number of halogens is 3. The molecular formula is C16H12Cl3NO4. The standard InChI is InChI=1S/C16H12Cl3NO4/c1-8(15(22)20-13-4-2-10(18)7-12(13)19)24-16(23)11-6-9(17)3-5-14(11)21/h2-8,21H,1H3,(H,20,22)/t8-/m1/s1. The minimum Gasteiger partial charge on any atom is -0.507 e. The topological polar surface area (TPSA) is 75.6 Å². The fourth-order valence-electron chi connectivity index (χ4n) is 1.77. The van der Waals surface area contributed by atoms with Crippen molar-refractivity contribution in [2.45, 2.75) is 13.0 Å². The van der Waals surface area contributed by atoms with Gasteiger partial charge in [-0.05, 0) is 43.3 Å². The highest BCUT2D eigenvalue weighted by Gasteiger charge is 2.22. The van der Waals surface area contributed by atoms with Crippen molar-refractivity contribution < 1.29 is 19.4 Å². The maximum atomic E-state index is 12.1. The average Bonchev–Trinajstić information content (AvgIpc) is 2.52. The highest BCUT2D eigenvalue weighted by molar-refractivity contribution is 6.36. The minimum absolute atomic E-state index is 0.133. The van der Waals surface area contributed by atoms with Crippen LogP contribution in [0.2, 0.25) is 15.1 Å². The zero-order valence-corrected chi connectivity index (χ0v) is 14.6. The highest BCUT2D eigenvalue weighted by atomic mass is 35.5. The van der Waals surface area contributed by atoms with Gasteiger partial charge in [0.2, 0.25) is 0 Å². The molecule has 0 aliphatic heterocycles. The first-order chi connectivity index (χ1) is 11.3. The number of phenolic OH excluding ortho intramolecular Hbond substituents is 1. The van der Waals surface area contributed by atoms with E-state index in [2.05, 4.69) is 5.32 Å². The number of carbonyl (C=O) groups is 2. The third-order valence-electron chi connectivity index (χ3n) is 3.02. The summed E-state index contributed by atoms with van der Waals surface area (Å²) in [5.41, 5.74) is 0.200. The van der Waals surface area contributed by atoms with Crippen LogP contribution in [0.4, 0.5) is 5.69 Å². The van der Waals surface area contributed by atoms with E-state index in [-0.39, 0.29) is 21.4 Å². The maximum absolute atomic E-state index is 12.1. The van der Waals surface area contributed by atoms with E-state index in [1.54, 1.807) is 6.07 Å². The molecule has 24 heavy (non-hydrogen) atoms. The number of benzene rings is 2. The van der Waals surface area contributed by atoms with Gasteiger partial charge < -0.3 is 15.2 Å². The summed E-state index contributed by atoms with van der Waals surface area (Å²) in [6.45, 7) is 1.39. The monoisotopic (exact) mass is 387 g/mol. The number of hydrogen-bond donors (Lipinski definition) is 2. The van der Waals surface area contributed by atoms with E-state index in [4.69, 9.17) is 39.5 Å². The maximum Gasteiger partial charge on any atom is 0.342 e. The molecule has 2 aromatic carbocycles. The molecule has 8 heteroatoms. The lowest BCUT2D eigenvalue weighted by molar-refractivity contribution is -0.123. The molecule has 0 aliphatic rings. The van der Waals surface area contributed by atoms with Crippen molar-refractivity contribution in [1.29, 1.82) is 0 Å². The van der Waals surface area contributed by atoms with Crippen LogP contribution in [0.1, 0.15) is 17.3 Å². The smallest absolute Gasteiger partial charge is 0.342 e. The molecule has 126 valence electrons. The predicted octanol–water partition coefficient (Wildman–Crippen LogP) is 4.54. The van der Waals surface area contributed by atoms with Crippen LogP contribution in [-0.4, -0.2) is 23.1 Å². The Morgan fingerprint density at radius 2 is 1.71 bits per heavy atom. The number of carbonyl (C=O) groups excluding carboxylic acids is 2. The van der Waals surface area contributed by atoms with Gasteiger partial charge in [-0.15, -0.1) is 0 Å². The zero-order chi connectivity index (χ0) is 17.9. The lowest BCUT2D eigenvalue weighted by Gasteiger charge is -2.15. The van der Waals surface area contributed by atoms with Crippen molar-refractivity contribution in [3.05, 3.63) is 57.0 Å². The van der Waals surface area contributed by atoms with Gasteiger partial charge in [-0.2, -0.15) is 0 Å². The van der Waals surface area contributed by atoms with Gasteiger partial charge in [-0.25, -0.2) is 4.79 Å². The second-order valence-electron chi connectivity index (χ2n) is 4.82. The van der Waals surface area contributed by atoms with Gasteiger partial charge in [-0.3, -0.25) is 4.79 Å². The number of aromatic hydroxyl groups is 1. The van der Waals surface area contributed by atoms with E-state index >= 15 is 0 Å². The quantitative estimate of drug-likeness (QED) is 0.754. The van der Waals surface area contributed by atoms with Crippen molar-refractivity contribution in [3.8, 4) is 5.75 Å². The van der Waals surface area contributed by atoms with Gasteiger partial charge in [0, 0.05) is 10.0 Å². The van der Waals surface area contributed by atoms with Crippen LogP contribution in [0.3, 0.4) is 0 Å². The number of hydrogen-bond acceptors (Lipinski definition) is 4. The van der Waals surface area contributed by atoms with Crippen LogP contribution >= 0.6 is 34.8 Å². The molecule has 0 fully saturated rings. The largest absolute Gasteiger partial charge is 0.507 e. The van der Waals surface area contributed by atoms with E-state index in [9.17, 15) is 14.7 Å². The molecule has 0 radical (unpaired) electrons. The number of esters is 1. The van der Waals surface area contributed by atoms with Gasteiger partial charge >= 0.3 is 5.97 Å². The fourth-order valence-corrected chi connectivity index (χ4v) is 2.40. The molecular weight excluding hydrogens is 377 g/mol. The zero-order valence-electron chi connectivity index (χ0n) is 12.3. The summed E-state index contributed by atoms with van der Waals surface area (Å²) in [7, 11) is 0. The van der Waals surface area contributed by atoms with Crippen LogP contribution < -0.4 is 5.32 Å². The van der Waals surface area contributed by atoms with E-state index < -0.39 is 18.0 Å². The first-order valence-electron chi connectivity index (χ1n) is 6.73. The van der Waals surface area contributed by atoms with Crippen molar-refractivity contribution >= 4 is 52.4 Å². The molecule has 0 saturated carbocycles. The molecule has 1 amide bonds.